The van der Waals surface area contributed by atoms with Gasteiger partial charge in [-0.05, 0) is 67.1 Å². The van der Waals surface area contributed by atoms with Gasteiger partial charge in [0, 0.05) is 21.2 Å². The van der Waals surface area contributed by atoms with E-state index in [1.165, 1.54) is 16.6 Å². The second kappa shape index (κ2) is 10.8. The number of para-hydroxylation sites is 1. The highest BCUT2D eigenvalue weighted by atomic mass is 35.5. The summed E-state index contributed by atoms with van der Waals surface area (Å²) in [7, 11) is 0. The zero-order chi connectivity index (χ0) is 26.1. The maximum absolute atomic E-state index is 13.9. The Morgan fingerprint density at radius 3 is 2.53 bits per heavy atom. The summed E-state index contributed by atoms with van der Waals surface area (Å²) in [6, 6.07) is 24.9. The number of halogens is 1. The number of rotatable bonds is 6. The number of hydrogen-bond acceptors (Lipinski definition) is 5. The van der Waals surface area contributed by atoms with Crippen molar-refractivity contribution in [1.82, 2.24) is 9.55 Å². The van der Waals surface area contributed by atoms with Gasteiger partial charge in [0.25, 0.3) is 5.56 Å². The molecule has 0 saturated heterocycles. The monoisotopic (exact) mass is 557 g/mol. The van der Waals surface area contributed by atoms with Crippen molar-refractivity contribution in [2.45, 2.75) is 30.8 Å². The summed E-state index contributed by atoms with van der Waals surface area (Å²) in [6.07, 6.45) is 4.11. The van der Waals surface area contributed by atoms with Gasteiger partial charge >= 0.3 is 0 Å². The van der Waals surface area contributed by atoms with Crippen molar-refractivity contribution in [2.24, 2.45) is 0 Å². The summed E-state index contributed by atoms with van der Waals surface area (Å²) in [5.41, 5.74) is 4.46. The molecule has 1 N–H and O–H groups in total. The van der Waals surface area contributed by atoms with E-state index in [1.54, 1.807) is 28.0 Å². The van der Waals surface area contributed by atoms with Gasteiger partial charge in [0.2, 0.25) is 5.91 Å². The molecule has 0 bridgehead atoms. The molecule has 5 nitrogen and oxygen atoms in total. The minimum absolute atomic E-state index is 0.0888. The molecule has 190 valence electrons. The number of thioether (sulfide) groups is 1. The smallest absolute Gasteiger partial charge is 0.267 e. The molecule has 2 heterocycles. The lowest BCUT2D eigenvalue weighted by molar-refractivity contribution is -0.113. The van der Waals surface area contributed by atoms with Crippen LogP contribution in [0.25, 0.3) is 27.0 Å². The second-order valence-electron chi connectivity index (χ2n) is 9.15. The lowest BCUT2D eigenvalue weighted by atomic mass is 9.97. The third kappa shape index (κ3) is 4.89. The Morgan fingerprint density at radius 2 is 1.71 bits per heavy atom. The van der Waals surface area contributed by atoms with Gasteiger partial charge < -0.3 is 5.32 Å². The van der Waals surface area contributed by atoms with Crippen LogP contribution in [0.1, 0.15) is 23.3 Å². The molecule has 6 rings (SSSR count). The fourth-order valence-corrected chi connectivity index (χ4v) is 7.12. The first-order valence-corrected chi connectivity index (χ1v) is 14.7. The number of carbonyl (C=O) groups excluding carboxylic acids is 1. The van der Waals surface area contributed by atoms with Crippen molar-refractivity contribution in [1.29, 1.82) is 0 Å². The largest absolute Gasteiger partial charge is 0.325 e. The van der Waals surface area contributed by atoms with Crippen LogP contribution in [0, 0.1) is 0 Å². The molecule has 0 saturated carbocycles. The lowest BCUT2D eigenvalue weighted by Crippen LogP contribution is -2.23. The molecule has 1 amide bonds. The summed E-state index contributed by atoms with van der Waals surface area (Å²) in [4.78, 5) is 33.9. The first-order chi connectivity index (χ1) is 18.6. The number of anilines is 1. The molecule has 0 atom stereocenters. The number of nitrogens with one attached hydrogen (secondary N) is 1. The molecule has 38 heavy (non-hydrogen) atoms. The Kier molecular flexibility index (Phi) is 7.06. The van der Waals surface area contributed by atoms with Crippen LogP contribution in [-0.2, 0) is 17.6 Å². The Balaban J connectivity index is 1.33. The Labute approximate surface area is 233 Å². The summed E-state index contributed by atoms with van der Waals surface area (Å²) in [6.45, 7) is 0. The summed E-state index contributed by atoms with van der Waals surface area (Å²) >= 11 is 9.00. The molecular weight excluding hydrogens is 534 g/mol. The van der Waals surface area contributed by atoms with Crippen LogP contribution in [0.3, 0.4) is 0 Å². The zero-order valence-corrected chi connectivity index (χ0v) is 22.8. The predicted octanol–water partition coefficient (Wildman–Crippen LogP) is 7.38. The number of thiophene rings is 1. The molecular formula is C30H24ClN3O2S2. The lowest BCUT2D eigenvalue weighted by Gasteiger charge is -2.14. The fourth-order valence-electron chi connectivity index (χ4n) is 4.88. The van der Waals surface area contributed by atoms with E-state index in [1.807, 2.05) is 66.7 Å². The standard InChI is InChI=1S/C30H24ClN3O2S2/c31-20-14-16-21(17-15-20)34-29(36)27-23-11-5-7-13-25(23)38-28(27)33-30(34)37-18-26(35)32-24-12-6-4-10-22(24)19-8-2-1-3-9-19/h1-4,6,8-10,12,14-17H,5,7,11,13,18H2,(H,32,35). The van der Waals surface area contributed by atoms with Crippen LogP contribution in [0.15, 0.2) is 88.8 Å². The highest BCUT2D eigenvalue weighted by molar-refractivity contribution is 7.99. The normalized spacial score (nSPS) is 12.9. The van der Waals surface area contributed by atoms with Gasteiger partial charge in [0.05, 0.1) is 16.8 Å². The van der Waals surface area contributed by atoms with Crippen molar-refractivity contribution in [2.75, 3.05) is 11.1 Å². The SMILES string of the molecule is O=C(CSc1nc2sc3c(c2c(=O)n1-c1ccc(Cl)cc1)CCCC3)Nc1ccccc1-c1ccccc1. The van der Waals surface area contributed by atoms with E-state index in [2.05, 4.69) is 5.32 Å². The molecule has 0 radical (unpaired) electrons. The number of aryl methyl sites for hydroxylation is 2. The summed E-state index contributed by atoms with van der Waals surface area (Å²) in [5, 5.41) is 4.85. The van der Waals surface area contributed by atoms with Gasteiger partial charge in [-0.1, -0.05) is 71.9 Å². The van der Waals surface area contributed by atoms with Crippen molar-refractivity contribution in [3.63, 3.8) is 0 Å². The molecule has 8 heteroatoms. The minimum Gasteiger partial charge on any atom is -0.325 e. The summed E-state index contributed by atoms with van der Waals surface area (Å²) < 4.78 is 1.62. The summed E-state index contributed by atoms with van der Waals surface area (Å²) in [5.74, 6) is -0.0550. The Hall–Kier alpha value is -3.39. The first-order valence-electron chi connectivity index (χ1n) is 12.5. The van der Waals surface area contributed by atoms with Crippen LogP contribution in [-0.4, -0.2) is 21.2 Å². The number of carbonyl (C=O) groups is 1. The van der Waals surface area contributed by atoms with E-state index in [0.29, 0.717) is 21.3 Å². The quantitative estimate of drug-likeness (QED) is 0.175. The molecule has 0 fully saturated rings. The molecule has 0 aliphatic heterocycles. The highest BCUT2D eigenvalue weighted by Crippen LogP contribution is 2.35. The number of hydrogen-bond donors (Lipinski definition) is 1. The van der Waals surface area contributed by atoms with E-state index in [0.717, 1.165) is 52.9 Å². The predicted molar refractivity (Wildman–Crippen MR) is 158 cm³/mol. The van der Waals surface area contributed by atoms with Crippen molar-refractivity contribution >= 4 is 56.5 Å². The van der Waals surface area contributed by atoms with Gasteiger partial charge in [-0.3, -0.25) is 14.2 Å². The number of benzene rings is 3. The van der Waals surface area contributed by atoms with Crippen molar-refractivity contribution < 1.29 is 4.79 Å². The van der Waals surface area contributed by atoms with Gasteiger partial charge in [-0.25, -0.2) is 4.98 Å². The number of aromatic nitrogens is 2. The fraction of sp³-hybridized carbons (Fsp3) is 0.167. The van der Waals surface area contributed by atoms with Crippen molar-refractivity contribution in [3.8, 4) is 16.8 Å². The van der Waals surface area contributed by atoms with Gasteiger partial charge in [-0.15, -0.1) is 11.3 Å². The average Bonchev–Trinajstić information content (AvgIpc) is 3.32. The average molecular weight is 558 g/mol. The first kappa shape index (κ1) is 24.9. The molecule has 1 aliphatic carbocycles. The highest BCUT2D eigenvalue weighted by Gasteiger charge is 2.23. The molecule has 5 aromatic rings. The molecule has 1 aliphatic rings. The van der Waals surface area contributed by atoms with Crippen LogP contribution in [0.4, 0.5) is 5.69 Å². The van der Waals surface area contributed by atoms with Crippen molar-refractivity contribution in [3.05, 3.63) is 105 Å². The van der Waals surface area contributed by atoms with Gasteiger partial charge in [0.1, 0.15) is 4.83 Å². The second-order valence-corrected chi connectivity index (χ2v) is 11.6. The molecule has 3 aromatic carbocycles. The Bertz CT molecular complexity index is 1700. The van der Waals surface area contributed by atoms with E-state index >= 15 is 0 Å². The van der Waals surface area contributed by atoms with E-state index < -0.39 is 0 Å². The van der Waals surface area contributed by atoms with E-state index in [9.17, 15) is 9.59 Å². The third-order valence-electron chi connectivity index (χ3n) is 6.66. The number of fused-ring (bicyclic) bond motifs is 3. The maximum atomic E-state index is 13.9. The van der Waals surface area contributed by atoms with Crippen LogP contribution >= 0.6 is 34.7 Å². The van der Waals surface area contributed by atoms with E-state index in [-0.39, 0.29) is 17.2 Å². The van der Waals surface area contributed by atoms with Gasteiger partial charge in [-0.2, -0.15) is 0 Å². The van der Waals surface area contributed by atoms with Crippen LogP contribution in [0.2, 0.25) is 5.02 Å². The van der Waals surface area contributed by atoms with E-state index in [4.69, 9.17) is 16.6 Å². The maximum Gasteiger partial charge on any atom is 0.267 e. The molecule has 2 aromatic heterocycles. The topological polar surface area (TPSA) is 64.0 Å². The van der Waals surface area contributed by atoms with Crippen LogP contribution < -0.4 is 10.9 Å². The molecule has 0 unspecified atom stereocenters. The number of amides is 1. The zero-order valence-electron chi connectivity index (χ0n) is 20.4. The minimum atomic E-state index is -0.166. The van der Waals surface area contributed by atoms with Crippen LogP contribution in [0.5, 0.6) is 0 Å². The Morgan fingerprint density at radius 1 is 0.974 bits per heavy atom. The van der Waals surface area contributed by atoms with Gasteiger partial charge in [0.15, 0.2) is 5.16 Å². The number of nitrogens with zero attached hydrogens (tertiary/aromatic N) is 2. The molecule has 0 spiro atoms. The third-order valence-corrected chi connectivity index (χ3v) is 9.04.